The number of ether oxygens (including phenoxy) is 3. The third-order valence-electron chi connectivity index (χ3n) is 7.15. The number of nitrogens with one attached hydrogen (secondary N) is 1. The minimum Gasteiger partial charge on any atom is -0.445 e. The number of carbonyl (C=O) groups excluding carboxylic acids is 1. The van der Waals surface area contributed by atoms with E-state index in [1.807, 2.05) is 30.3 Å². The standard InChI is InChI=1S/C21H27NO4/c23-19(24-14-15-5-2-1-3-6-15)22-20-8-4-7-16-11-17(20)12-18(13-20)21(16)25-9-10-26-21/h1-3,5-6,16-18H,4,7-14H2,(H,22,23)/t16-,17?,18+,20+/m0/s1. The summed E-state index contributed by atoms with van der Waals surface area (Å²) in [5, 5.41) is 3.30. The van der Waals surface area contributed by atoms with Gasteiger partial charge < -0.3 is 19.5 Å². The third kappa shape index (κ3) is 2.55. The van der Waals surface area contributed by atoms with Crippen molar-refractivity contribution in [2.45, 2.75) is 56.5 Å². The first-order chi connectivity index (χ1) is 12.7. The Morgan fingerprint density at radius 2 is 1.88 bits per heavy atom. The van der Waals surface area contributed by atoms with Gasteiger partial charge in [0.05, 0.1) is 13.2 Å². The highest BCUT2D eigenvalue weighted by Gasteiger charge is 2.65. The Morgan fingerprint density at radius 1 is 1.12 bits per heavy atom. The van der Waals surface area contributed by atoms with E-state index in [1.165, 1.54) is 0 Å². The van der Waals surface area contributed by atoms with Crippen LogP contribution in [0.3, 0.4) is 0 Å². The maximum absolute atomic E-state index is 12.6. The molecule has 1 amide bonds. The van der Waals surface area contributed by atoms with Crippen molar-refractivity contribution in [2.24, 2.45) is 17.8 Å². The van der Waals surface area contributed by atoms with Crippen molar-refractivity contribution in [1.82, 2.24) is 5.32 Å². The second kappa shape index (κ2) is 6.24. The number of amides is 1. The van der Waals surface area contributed by atoms with Gasteiger partial charge in [-0.05, 0) is 43.6 Å². The molecule has 3 saturated carbocycles. The molecule has 140 valence electrons. The summed E-state index contributed by atoms with van der Waals surface area (Å²) in [5.74, 6) is 1.00. The second-order valence-corrected chi connectivity index (χ2v) is 8.42. The first-order valence-corrected chi connectivity index (χ1v) is 9.97. The summed E-state index contributed by atoms with van der Waals surface area (Å²) in [7, 11) is 0. The van der Waals surface area contributed by atoms with Gasteiger partial charge in [-0.25, -0.2) is 4.79 Å². The third-order valence-corrected chi connectivity index (χ3v) is 7.15. The minimum atomic E-state index is -0.381. The van der Waals surface area contributed by atoms with Crippen LogP contribution in [0.15, 0.2) is 30.3 Å². The van der Waals surface area contributed by atoms with Crippen LogP contribution < -0.4 is 5.32 Å². The maximum atomic E-state index is 12.6. The average molecular weight is 357 g/mol. The van der Waals surface area contributed by atoms with E-state index >= 15 is 0 Å². The van der Waals surface area contributed by atoms with E-state index in [9.17, 15) is 4.79 Å². The highest BCUT2D eigenvalue weighted by molar-refractivity contribution is 5.68. The lowest BCUT2D eigenvalue weighted by Gasteiger charge is -2.43. The summed E-state index contributed by atoms with van der Waals surface area (Å²) in [6.07, 6.45) is 6.14. The molecule has 4 aliphatic rings. The zero-order chi connectivity index (χ0) is 17.6. The van der Waals surface area contributed by atoms with Crippen LogP contribution in [0.25, 0.3) is 0 Å². The quantitative estimate of drug-likeness (QED) is 0.898. The molecule has 4 atom stereocenters. The Kier molecular flexibility index (Phi) is 3.98. The van der Waals surface area contributed by atoms with Crippen molar-refractivity contribution in [3.63, 3.8) is 0 Å². The van der Waals surface area contributed by atoms with E-state index in [4.69, 9.17) is 14.2 Å². The van der Waals surface area contributed by atoms with E-state index in [0.717, 1.165) is 44.1 Å². The first-order valence-electron chi connectivity index (χ1n) is 9.97. The Morgan fingerprint density at radius 3 is 2.69 bits per heavy atom. The molecule has 1 aromatic rings. The number of alkyl carbamates (subject to hydrolysis) is 1. The van der Waals surface area contributed by atoms with Gasteiger partial charge in [-0.15, -0.1) is 0 Å². The van der Waals surface area contributed by atoms with Gasteiger partial charge in [0.1, 0.15) is 6.61 Å². The number of carbonyl (C=O) groups is 1. The predicted octanol–water partition coefficient (Wildman–Crippen LogP) is 3.62. The summed E-state index contributed by atoms with van der Waals surface area (Å²) in [6.45, 7) is 1.73. The summed E-state index contributed by atoms with van der Waals surface area (Å²) in [6, 6.07) is 9.84. The van der Waals surface area contributed by atoms with E-state index in [1.54, 1.807) is 0 Å². The van der Waals surface area contributed by atoms with Gasteiger partial charge >= 0.3 is 6.09 Å². The van der Waals surface area contributed by atoms with Crippen LogP contribution in [-0.4, -0.2) is 30.6 Å². The van der Waals surface area contributed by atoms with Crippen LogP contribution in [0, 0.1) is 17.8 Å². The van der Waals surface area contributed by atoms with Gasteiger partial charge in [-0.2, -0.15) is 0 Å². The van der Waals surface area contributed by atoms with Gasteiger partial charge in [0.2, 0.25) is 0 Å². The van der Waals surface area contributed by atoms with Gasteiger partial charge in [-0.3, -0.25) is 0 Å². The Hall–Kier alpha value is -1.59. The van der Waals surface area contributed by atoms with E-state index in [2.05, 4.69) is 5.32 Å². The van der Waals surface area contributed by atoms with Gasteiger partial charge in [-0.1, -0.05) is 36.8 Å². The molecule has 0 aromatic heterocycles. The zero-order valence-corrected chi connectivity index (χ0v) is 15.1. The fraction of sp³-hybridized carbons (Fsp3) is 0.667. The van der Waals surface area contributed by atoms with Gasteiger partial charge in [0.15, 0.2) is 5.79 Å². The number of hydrogen-bond acceptors (Lipinski definition) is 4. The van der Waals surface area contributed by atoms with Crippen molar-refractivity contribution in [3.05, 3.63) is 35.9 Å². The van der Waals surface area contributed by atoms with Gasteiger partial charge in [0.25, 0.3) is 0 Å². The molecule has 4 fully saturated rings. The molecule has 26 heavy (non-hydrogen) atoms. The van der Waals surface area contributed by atoms with E-state index in [-0.39, 0.29) is 17.4 Å². The number of fused-ring (bicyclic) bond motifs is 4. The highest BCUT2D eigenvalue weighted by atomic mass is 16.7. The molecule has 1 spiro atoms. The molecule has 3 bridgehead atoms. The molecular weight excluding hydrogens is 330 g/mol. The molecule has 1 aliphatic heterocycles. The number of benzene rings is 1. The van der Waals surface area contributed by atoms with Crippen molar-refractivity contribution in [1.29, 1.82) is 0 Å². The van der Waals surface area contributed by atoms with Crippen molar-refractivity contribution >= 4 is 6.09 Å². The lowest BCUT2D eigenvalue weighted by molar-refractivity contribution is -0.244. The van der Waals surface area contributed by atoms with Crippen LogP contribution in [0.5, 0.6) is 0 Å². The largest absolute Gasteiger partial charge is 0.445 e. The number of hydrogen-bond donors (Lipinski definition) is 1. The SMILES string of the molecule is O=C(N[C@@]12CCC[C@H]3CC1C[C@H](C2)C31OCCO1)OCc1ccccc1. The van der Waals surface area contributed by atoms with E-state index in [0.29, 0.717) is 37.6 Å². The molecule has 0 radical (unpaired) electrons. The molecule has 1 unspecified atom stereocenters. The molecule has 3 aliphatic carbocycles. The fourth-order valence-corrected chi connectivity index (χ4v) is 6.11. The maximum Gasteiger partial charge on any atom is 0.407 e. The zero-order valence-electron chi connectivity index (χ0n) is 15.1. The van der Waals surface area contributed by atoms with Crippen molar-refractivity contribution < 1.29 is 19.0 Å². The molecule has 1 aromatic carbocycles. The van der Waals surface area contributed by atoms with Crippen molar-refractivity contribution in [3.8, 4) is 0 Å². The Balaban J connectivity index is 1.30. The monoisotopic (exact) mass is 357 g/mol. The topological polar surface area (TPSA) is 56.8 Å². The number of rotatable bonds is 3. The Labute approximate surface area is 154 Å². The molecule has 5 rings (SSSR count). The average Bonchev–Trinajstić information content (AvgIpc) is 3.21. The molecule has 1 saturated heterocycles. The van der Waals surface area contributed by atoms with Crippen LogP contribution in [-0.2, 0) is 20.8 Å². The van der Waals surface area contributed by atoms with Crippen molar-refractivity contribution in [2.75, 3.05) is 13.2 Å². The van der Waals surface area contributed by atoms with Crippen LogP contribution in [0.4, 0.5) is 4.79 Å². The summed E-state index contributed by atoms with van der Waals surface area (Å²) < 4.78 is 17.9. The molecule has 1 heterocycles. The second-order valence-electron chi connectivity index (χ2n) is 8.42. The predicted molar refractivity (Wildman–Crippen MR) is 95.3 cm³/mol. The molecular formula is C21H27NO4. The first kappa shape index (κ1) is 16.6. The minimum absolute atomic E-state index is 0.147. The van der Waals surface area contributed by atoms with Crippen LogP contribution in [0.2, 0.25) is 0 Å². The van der Waals surface area contributed by atoms with Crippen LogP contribution >= 0.6 is 0 Å². The lowest BCUT2D eigenvalue weighted by Crippen LogP contribution is -2.50. The lowest BCUT2D eigenvalue weighted by atomic mass is 9.74. The molecule has 1 N–H and O–H groups in total. The Bertz CT molecular complexity index is 672. The summed E-state index contributed by atoms with van der Waals surface area (Å²) in [5.41, 5.74) is 0.865. The molecule has 5 heteroatoms. The highest BCUT2D eigenvalue weighted by Crippen LogP contribution is 2.61. The van der Waals surface area contributed by atoms with E-state index < -0.39 is 0 Å². The fourth-order valence-electron chi connectivity index (χ4n) is 6.11. The van der Waals surface area contributed by atoms with Gasteiger partial charge in [0, 0.05) is 17.4 Å². The normalized spacial score (nSPS) is 36.8. The molecule has 5 nitrogen and oxygen atoms in total. The summed E-state index contributed by atoms with van der Waals surface area (Å²) >= 11 is 0. The summed E-state index contributed by atoms with van der Waals surface area (Å²) in [4.78, 5) is 12.6. The smallest absolute Gasteiger partial charge is 0.407 e. The van der Waals surface area contributed by atoms with Crippen LogP contribution in [0.1, 0.15) is 44.1 Å².